The topological polar surface area (TPSA) is 98.3 Å². The summed E-state index contributed by atoms with van der Waals surface area (Å²) in [7, 11) is 6.65. The van der Waals surface area contributed by atoms with Crippen molar-refractivity contribution in [2.45, 2.75) is 13.0 Å². The normalized spacial score (nSPS) is 11.7. The minimum atomic E-state index is -0.803. The van der Waals surface area contributed by atoms with E-state index in [9.17, 15) is 23.2 Å². The number of hydrogen-bond acceptors (Lipinski definition) is 7. The molecule has 10 nitrogen and oxygen atoms in total. The first-order valence-corrected chi connectivity index (χ1v) is 11.2. The van der Waals surface area contributed by atoms with Gasteiger partial charge in [-0.25, -0.2) is 23.5 Å². The average Bonchev–Trinajstić information content (AvgIpc) is 3.38. The average molecular weight is 492 g/mol. The van der Waals surface area contributed by atoms with Crippen LogP contribution in [0, 0.1) is 11.6 Å². The van der Waals surface area contributed by atoms with Crippen molar-refractivity contribution in [3.05, 3.63) is 50.9 Å². The summed E-state index contributed by atoms with van der Waals surface area (Å²) < 4.78 is 31.8. The molecule has 0 aliphatic heterocycles. The molecule has 0 unspecified atom stereocenters. The highest BCUT2D eigenvalue weighted by Crippen LogP contribution is 2.31. The van der Waals surface area contributed by atoms with E-state index >= 15 is 0 Å². The van der Waals surface area contributed by atoms with Gasteiger partial charge in [0, 0.05) is 26.7 Å². The van der Waals surface area contributed by atoms with Gasteiger partial charge < -0.3 is 9.47 Å². The quantitative estimate of drug-likeness (QED) is 0.387. The highest BCUT2D eigenvalue weighted by molar-refractivity contribution is 7.22. The number of hydrogen-bond donors (Lipinski definition) is 0. The maximum Gasteiger partial charge on any atom is 0.332 e. The highest BCUT2D eigenvalue weighted by Gasteiger charge is 2.23. The molecule has 0 atom stereocenters. The van der Waals surface area contributed by atoms with Gasteiger partial charge in [-0.05, 0) is 33.1 Å². The van der Waals surface area contributed by atoms with Crippen LogP contribution < -0.4 is 16.1 Å². The van der Waals surface area contributed by atoms with Crippen LogP contribution in [-0.4, -0.2) is 61.7 Å². The monoisotopic (exact) mass is 491 g/mol. The summed E-state index contributed by atoms with van der Waals surface area (Å²) in [5, 5.41) is 0.230. The van der Waals surface area contributed by atoms with Crippen LogP contribution in [0.15, 0.2) is 28.0 Å². The fourth-order valence-electron chi connectivity index (χ4n) is 3.68. The van der Waals surface area contributed by atoms with Crippen molar-refractivity contribution >= 4 is 43.8 Å². The highest BCUT2D eigenvalue weighted by atomic mass is 32.1. The van der Waals surface area contributed by atoms with Gasteiger partial charge in [0.05, 0.1) is 11.0 Å². The second-order valence-corrected chi connectivity index (χ2v) is 9.19. The molecule has 13 heteroatoms. The van der Waals surface area contributed by atoms with Gasteiger partial charge in [0.15, 0.2) is 22.1 Å². The van der Waals surface area contributed by atoms with Crippen molar-refractivity contribution < 1.29 is 13.6 Å². The van der Waals surface area contributed by atoms with Crippen molar-refractivity contribution in [1.82, 2.24) is 28.6 Å². The Morgan fingerprint density at radius 2 is 1.85 bits per heavy atom. The molecule has 0 aliphatic carbocycles. The maximum atomic E-state index is 14.2. The summed E-state index contributed by atoms with van der Waals surface area (Å²) >= 11 is 1.01. The summed E-state index contributed by atoms with van der Waals surface area (Å²) in [5.41, 5.74) is -0.826. The third kappa shape index (κ3) is 4.23. The number of carbonyl (C=O) groups excluding carboxylic acids is 1. The molecule has 1 amide bonds. The van der Waals surface area contributed by atoms with Crippen LogP contribution in [0.1, 0.15) is 6.42 Å². The van der Waals surface area contributed by atoms with Gasteiger partial charge >= 0.3 is 5.69 Å². The van der Waals surface area contributed by atoms with Gasteiger partial charge in [-0.2, -0.15) is 0 Å². The molecule has 0 fully saturated rings. The lowest BCUT2D eigenvalue weighted by Gasteiger charge is -2.21. The molecule has 34 heavy (non-hydrogen) atoms. The van der Waals surface area contributed by atoms with Gasteiger partial charge in [-0.15, -0.1) is 0 Å². The number of aromatic nitrogens is 5. The molecule has 4 rings (SSSR count). The predicted molar refractivity (Wildman–Crippen MR) is 125 cm³/mol. The number of imidazole rings is 1. The van der Waals surface area contributed by atoms with Crippen LogP contribution >= 0.6 is 11.3 Å². The number of benzene rings is 1. The lowest BCUT2D eigenvalue weighted by molar-refractivity contribution is -0.119. The standard InChI is InChI=1S/C21H23F2N7O3S/c1-26(2)6-5-7-30(20-25-16-13(23)8-12(22)9-14(16)34-20)15(31)10-29-11-24-18-17(29)19(32)28(4)21(33)27(18)3/h8-9,11H,5-7,10H2,1-4H3. The summed E-state index contributed by atoms with van der Waals surface area (Å²) in [5.74, 6) is -1.94. The number of fused-ring (bicyclic) bond motifs is 2. The zero-order valence-corrected chi connectivity index (χ0v) is 19.9. The summed E-state index contributed by atoms with van der Waals surface area (Å²) in [6.45, 7) is 0.719. The number of rotatable bonds is 7. The zero-order chi connectivity index (χ0) is 24.7. The molecule has 180 valence electrons. The predicted octanol–water partition coefficient (Wildman–Crippen LogP) is 1.31. The molecule has 0 radical (unpaired) electrons. The molecule has 4 aromatic rings. The molecule has 3 aromatic heterocycles. The van der Waals surface area contributed by atoms with Crippen LogP contribution in [0.3, 0.4) is 0 Å². The van der Waals surface area contributed by atoms with E-state index in [4.69, 9.17) is 0 Å². The zero-order valence-electron chi connectivity index (χ0n) is 19.1. The van der Waals surface area contributed by atoms with Crippen molar-refractivity contribution in [1.29, 1.82) is 0 Å². The van der Waals surface area contributed by atoms with Crippen LogP contribution in [0.4, 0.5) is 13.9 Å². The smallest absolute Gasteiger partial charge is 0.315 e. The fourth-order valence-corrected chi connectivity index (χ4v) is 4.73. The van der Waals surface area contributed by atoms with E-state index in [0.717, 1.165) is 22.0 Å². The lowest BCUT2D eigenvalue weighted by Crippen LogP contribution is -2.39. The van der Waals surface area contributed by atoms with E-state index in [2.05, 4.69) is 9.97 Å². The number of nitrogens with zero attached hydrogens (tertiary/aromatic N) is 7. The van der Waals surface area contributed by atoms with Crippen molar-refractivity contribution in [3.8, 4) is 0 Å². The Labute approximate surface area is 196 Å². The second-order valence-electron chi connectivity index (χ2n) is 8.18. The molecular formula is C21H23F2N7O3S. The van der Waals surface area contributed by atoms with Gasteiger partial charge in [-0.1, -0.05) is 11.3 Å². The maximum absolute atomic E-state index is 14.2. The van der Waals surface area contributed by atoms with Crippen LogP contribution in [0.5, 0.6) is 0 Å². The Morgan fingerprint density at radius 3 is 2.56 bits per heavy atom. The molecule has 0 saturated heterocycles. The van der Waals surface area contributed by atoms with Gasteiger partial charge in [0.2, 0.25) is 5.91 Å². The number of thiazole rings is 1. The molecule has 3 heterocycles. The first kappa shape index (κ1) is 23.7. The van der Waals surface area contributed by atoms with Gasteiger partial charge in [0.25, 0.3) is 5.56 Å². The van der Waals surface area contributed by atoms with Gasteiger partial charge in [-0.3, -0.25) is 23.6 Å². The molecule has 0 bridgehead atoms. The van der Waals surface area contributed by atoms with Gasteiger partial charge in [0.1, 0.15) is 17.9 Å². The number of anilines is 1. The van der Waals surface area contributed by atoms with Crippen LogP contribution in [0.2, 0.25) is 0 Å². The minimum Gasteiger partial charge on any atom is -0.315 e. The van der Waals surface area contributed by atoms with Crippen LogP contribution in [0.25, 0.3) is 21.4 Å². The number of aryl methyl sites for hydroxylation is 1. The first-order chi connectivity index (χ1) is 16.1. The number of amides is 1. The first-order valence-electron chi connectivity index (χ1n) is 10.4. The summed E-state index contributed by atoms with van der Waals surface area (Å²) in [6.07, 6.45) is 1.93. The number of carbonyl (C=O) groups is 1. The fraction of sp³-hybridized carbons (Fsp3) is 0.381. The third-order valence-electron chi connectivity index (χ3n) is 5.44. The summed E-state index contributed by atoms with van der Waals surface area (Å²) in [4.78, 5) is 50.0. The van der Waals surface area contributed by atoms with E-state index in [0.29, 0.717) is 13.0 Å². The van der Waals surface area contributed by atoms with E-state index in [1.807, 2.05) is 19.0 Å². The SMILES string of the molecule is CN(C)CCCN(C(=O)Cn1cnc2c1c(=O)n(C)c(=O)n2C)c1nc2c(F)cc(F)cc2s1. The summed E-state index contributed by atoms with van der Waals surface area (Å²) in [6, 6.07) is 1.93. The molecule has 0 N–H and O–H groups in total. The van der Waals surface area contributed by atoms with E-state index in [1.54, 1.807) is 0 Å². The third-order valence-corrected chi connectivity index (χ3v) is 6.47. The van der Waals surface area contributed by atoms with Crippen LogP contribution in [-0.2, 0) is 25.4 Å². The van der Waals surface area contributed by atoms with Crippen molar-refractivity contribution in [2.75, 3.05) is 32.1 Å². The lowest BCUT2D eigenvalue weighted by atomic mass is 10.3. The molecule has 0 saturated carbocycles. The molecule has 0 spiro atoms. The van der Waals surface area contributed by atoms with E-state index < -0.39 is 28.8 Å². The molecule has 0 aliphatic rings. The van der Waals surface area contributed by atoms with Crippen molar-refractivity contribution in [3.63, 3.8) is 0 Å². The Morgan fingerprint density at radius 1 is 1.12 bits per heavy atom. The largest absolute Gasteiger partial charge is 0.332 e. The number of halogens is 2. The molecular weight excluding hydrogens is 468 g/mol. The Kier molecular flexibility index (Phi) is 6.32. The minimum absolute atomic E-state index is 0.0104. The Balaban J connectivity index is 1.73. The van der Waals surface area contributed by atoms with E-state index in [-0.39, 0.29) is 39.6 Å². The Hall–Kier alpha value is -3.45. The van der Waals surface area contributed by atoms with Crippen molar-refractivity contribution in [2.24, 2.45) is 14.1 Å². The molecule has 1 aromatic carbocycles. The Bertz CT molecular complexity index is 1520. The van der Waals surface area contributed by atoms with E-state index in [1.165, 1.54) is 40.5 Å². The second kappa shape index (κ2) is 9.06.